The topological polar surface area (TPSA) is 89.1 Å². The van der Waals surface area contributed by atoms with Gasteiger partial charge in [-0.05, 0) is 43.2 Å². The SMILES string of the molecule is CCOc1ccc(C(=O)NCC(=O)NCc2ccccc2CN2CCOCC2)cc1OCC. The number of carbonyl (C=O) groups excluding carboxylic acids is 2. The predicted molar refractivity (Wildman–Crippen MR) is 125 cm³/mol. The van der Waals surface area contributed by atoms with Crippen LogP contribution in [0, 0.1) is 0 Å². The van der Waals surface area contributed by atoms with Crippen LogP contribution >= 0.6 is 0 Å². The molecule has 2 aromatic carbocycles. The molecule has 0 spiro atoms. The van der Waals surface area contributed by atoms with Gasteiger partial charge in [0, 0.05) is 31.7 Å². The minimum absolute atomic E-state index is 0.109. The predicted octanol–water partition coefficient (Wildman–Crippen LogP) is 2.36. The van der Waals surface area contributed by atoms with Crippen molar-refractivity contribution >= 4 is 11.8 Å². The quantitative estimate of drug-likeness (QED) is 0.541. The summed E-state index contributed by atoms with van der Waals surface area (Å²) in [5, 5.41) is 5.57. The molecule has 0 bridgehead atoms. The summed E-state index contributed by atoms with van der Waals surface area (Å²) in [5.41, 5.74) is 2.66. The number of hydrogen-bond acceptors (Lipinski definition) is 6. The van der Waals surface area contributed by atoms with Crippen molar-refractivity contribution in [3.05, 3.63) is 59.2 Å². The molecule has 0 unspecified atom stereocenters. The number of rotatable bonds is 11. The first kappa shape index (κ1) is 24.5. The van der Waals surface area contributed by atoms with E-state index in [0.717, 1.165) is 38.4 Å². The second-order valence-corrected chi connectivity index (χ2v) is 7.64. The van der Waals surface area contributed by atoms with Crippen molar-refractivity contribution in [2.75, 3.05) is 46.1 Å². The maximum Gasteiger partial charge on any atom is 0.251 e. The molecule has 33 heavy (non-hydrogen) atoms. The van der Waals surface area contributed by atoms with Crippen LogP contribution < -0.4 is 20.1 Å². The van der Waals surface area contributed by atoms with Gasteiger partial charge in [-0.15, -0.1) is 0 Å². The molecule has 2 aromatic rings. The molecule has 1 fully saturated rings. The van der Waals surface area contributed by atoms with Crippen LogP contribution in [-0.2, 0) is 22.6 Å². The Balaban J connectivity index is 1.51. The van der Waals surface area contributed by atoms with Gasteiger partial charge >= 0.3 is 0 Å². The van der Waals surface area contributed by atoms with E-state index in [0.29, 0.717) is 36.8 Å². The summed E-state index contributed by atoms with van der Waals surface area (Å²) in [5.74, 6) is 0.500. The third-order valence-corrected chi connectivity index (χ3v) is 5.31. The zero-order valence-corrected chi connectivity index (χ0v) is 19.4. The average Bonchev–Trinajstić information content (AvgIpc) is 2.84. The molecular weight excluding hydrogens is 422 g/mol. The largest absolute Gasteiger partial charge is 0.490 e. The summed E-state index contributed by atoms with van der Waals surface area (Å²) in [6.45, 7) is 9.15. The molecule has 0 atom stereocenters. The minimum Gasteiger partial charge on any atom is -0.490 e. The van der Waals surface area contributed by atoms with Crippen LogP contribution in [0.2, 0.25) is 0 Å². The standard InChI is InChI=1S/C25H33N3O5/c1-3-32-22-10-9-19(15-23(22)33-4-2)25(30)27-17-24(29)26-16-20-7-5-6-8-21(20)18-28-11-13-31-14-12-28/h5-10,15H,3-4,11-14,16-18H2,1-2H3,(H,26,29)(H,27,30). The highest BCUT2D eigenvalue weighted by Crippen LogP contribution is 2.28. The molecule has 1 saturated heterocycles. The van der Waals surface area contributed by atoms with Gasteiger partial charge in [-0.25, -0.2) is 0 Å². The maximum absolute atomic E-state index is 12.5. The van der Waals surface area contributed by atoms with E-state index in [4.69, 9.17) is 14.2 Å². The molecular formula is C25H33N3O5. The van der Waals surface area contributed by atoms with Crippen LogP contribution in [0.25, 0.3) is 0 Å². The highest BCUT2D eigenvalue weighted by molar-refractivity contribution is 5.97. The molecule has 1 aliphatic heterocycles. The fourth-order valence-corrected chi connectivity index (χ4v) is 3.60. The molecule has 0 radical (unpaired) electrons. The molecule has 0 saturated carbocycles. The van der Waals surface area contributed by atoms with E-state index in [2.05, 4.69) is 21.6 Å². The summed E-state index contributed by atoms with van der Waals surface area (Å²) in [6, 6.07) is 13.1. The first-order chi connectivity index (χ1) is 16.1. The fraction of sp³-hybridized carbons (Fsp3) is 0.440. The number of ether oxygens (including phenoxy) is 3. The van der Waals surface area contributed by atoms with E-state index in [1.165, 1.54) is 5.56 Å². The van der Waals surface area contributed by atoms with Crippen LogP contribution in [-0.4, -0.2) is 62.8 Å². The molecule has 0 aliphatic carbocycles. The van der Waals surface area contributed by atoms with Gasteiger partial charge in [0.2, 0.25) is 5.91 Å². The Kier molecular flexibility index (Phi) is 9.53. The lowest BCUT2D eigenvalue weighted by atomic mass is 10.1. The van der Waals surface area contributed by atoms with Gasteiger partial charge in [0.1, 0.15) is 0 Å². The first-order valence-corrected chi connectivity index (χ1v) is 11.4. The zero-order valence-electron chi connectivity index (χ0n) is 19.4. The van der Waals surface area contributed by atoms with Gasteiger partial charge < -0.3 is 24.8 Å². The molecule has 8 heteroatoms. The average molecular weight is 456 g/mol. The third-order valence-electron chi connectivity index (χ3n) is 5.31. The van der Waals surface area contributed by atoms with Gasteiger partial charge in [0.05, 0.1) is 33.0 Å². The molecule has 178 valence electrons. The molecule has 2 N–H and O–H groups in total. The lowest BCUT2D eigenvalue weighted by Gasteiger charge is -2.27. The van der Waals surface area contributed by atoms with Gasteiger partial charge in [-0.3, -0.25) is 14.5 Å². The normalized spacial score (nSPS) is 13.9. The van der Waals surface area contributed by atoms with Crippen LogP contribution in [0.1, 0.15) is 35.3 Å². The van der Waals surface area contributed by atoms with Crippen molar-refractivity contribution in [2.24, 2.45) is 0 Å². The smallest absolute Gasteiger partial charge is 0.251 e. The Morgan fingerprint density at radius 2 is 1.64 bits per heavy atom. The van der Waals surface area contributed by atoms with E-state index in [1.807, 2.05) is 32.0 Å². The fourth-order valence-electron chi connectivity index (χ4n) is 3.60. The molecule has 8 nitrogen and oxygen atoms in total. The van der Waals surface area contributed by atoms with Gasteiger partial charge in [0.25, 0.3) is 5.91 Å². The van der Waals surface area contributed by atoms with Crippen molar-refractivity contribution in [1.29, 1.82) is 0 Å². The second-order valence-electron chi connectivity index (χ2n) is 7.64. The summed E-state index contributed by atoms with van der Waals surface area (Å²) < 4.78 is 16.5. The second kappa shape index (κ2) is 12.8. The lowest BCUT2D eigenvalue weighted by molar-refractivity contribution is -0.120. The number of benzene rings is 2. The Hall–Kier alpha value is -3.10. The minimum atomic E-state index is -0.345. The molecule has 1 heterocycles. The molecule has 0 aromatic heterocycles. The number of nitrogens with zero attached hydrogens (tertiary/aromatic N) is 1. The van der Waals surface area contributed by atoms with Gasteiger partial charge in [-0.2, -0.15) is 0 Å². The summed E-state index contributed by atoms with van der Waals surface area (Å²) in [7, 11) is 0. The third kappa shape index (κ3) is 7.47. The Morgan fingerprint density at radius 3 is 2.36 bits per heavy atom. The van der Waals surface area contributed by atoms with E-state index in [1.54, 1.807) is 18.2 Å². The molecule has 2 amide bonds. The summed E-state index contributed by atoms with van der Waals surface area (Å²) in [6.07, 6.45) is 0. The number of amides is 2. The maximum atomic E-state index is 12.5. The van der Waals surface area contributed by atoms with E-state index in [-0.39, 0.29) is 18.4 Å². The summed E-state index contributed by atoms with van der Waals surface area (Å²) >= 11 is 0. The molecule has 1 aliphatic rings. The van der Waals surface area contributed by atoms with Crippen LogP contribution in [0.3, 0.4) is 0 Å². The van der Waals surface area contributed by atoms with E-state index >= 15 is 0 Å². The van der Waals surface area contributed by atoms with Crippen molar-refractivity contribution in [1.82, 2.24) is 15.5 Å². The Labute approximate surface area is 195 Å². The van der Waals surface area contributed by atoms with Crippen molar-refractivity contribution in [2.45, 2.75) is 26.9 Å². The van der Waals surface area contributed by atoms with Gasteiger partial charge in [0.15, 0.2) is 11.5 Å². The zero-order chi connectivity index (χ0) is 23.5. The van der Waals surface area contributed by atoms with Crippen molar-refractivity contribution in [3.8, 4) is 11.5 Å². The lowest BCUT2D eigenvalue weighted by Crippen LogP contribution is -2.37. The van der Waals surface area contributed by atoms with Crippen LogP contribution in [0.5, 0.6) is 11.5 Å². The molecule has 3 rings (SSSR count). The highest BCUT2D eigenvalue weighted by atomic mass is 16.5. The monoisotopic (exact) mass is 455 g/mol. The summed E-state index contributed by atoms with van der Waals surface area (Å²) in [4.78, 5) is 27.2. The van der Waals surface area contributed by atoms with E-state index < -0.39 is 0 Å². The number of hydrogen-bond donors (Lipinski definition) is 2. The Bertz CT molecular complexity index is 928. The van der Waals surface area contributed by atoms with Crippen LogP contribution in [0.4, 0.5) is 0 Å². The number of morpholine rings is 1. The van der Waals surface area contributed by atoms with Crippen molar-refractivity contribution in [3.63, 3.8) is 0 Å². The highest BCUT2D eigenvalue weighted by Gasteiger charge is 2.15. The van der Waals surface area contributed by atoms with Crippen molar-refractivity contribution < 1.29 is 23.8 Å². The van der Waals surface area contributed by atoms with Crippen LogP contribution in [0.15, 0.2) is 42.5 Å². The number of nitrogens with one attached hydrogen (secondary N) is 2. The Morgan fingerprint density at radius 1 is 0.939 bits per heavy atom. The first-order valence-electron chi connectivity index (χ1n) is 11.4. The number of carbonyl (C=O) groups is 2. The van der Waals surface area contributed by atoms with E-state index in [9.17, 15) is 9.59 Å². The van der Waals surface area contributed by atoms with Gasteiger partial charge in [-0.1, -0.05) is 24.3 Å².